The molecule has 1 aromatic heterocycles. The van der Waals surface area contributed by atoms with Crippen molar-refractivity contribution in [2.45, 2.75) is 19.8 Å². The molecule has 0 bridgehead atoms. The van der Waals surface area contributed by atoms with E-state index in [1.165, 1.54) is 7.11 Å². The second kappa shape index (κ2) is 10.7. The summed E-state index contributed by atoms with van der Waals surface area (Å²) in [5, 5.41) is 2.86. The first kappa shape index (κ1) is 24.4. The average molecular weight is 479 g/mol. The van der Waals surface area contributed by atoms with Crippen LogP contribution in [0.1, 0.15) is 30.1 Å². The molecule has 1 aliphatic heterocycles. The number of fused-ring (bicyclic) bond motifs is 1. The maximum absolute atomic E-state index is 13.5. The summed E-state index contributed by atoms with van der Waals surface area (Å²) in [4.78, 5) is 44.6. The van der Waals surface area contributed by atoms with Gasteiger partial charge in [-0.3, -0.25) is 14.4 Å². The molecule has 0 saturated carbocycles. The molecular formula is C26H30N4O5. The molecule has 9 heteroatoms. The highest BCUT2D eigenvalue weighted by Gasteiger charge is 2.30. The number of imidazole rings is 1. The largest absolute Gasteiger partial charge is 0.466 e. The van der Waals surface area contributed by atoms with E-state index in [1.54, 1.807) is 24.0 Å². The molecule has 1 saturated heterocycles. The van der Waals surface area contributed by atoms with Gasteiger partial charge in [0, 0.05) is 38.4 Å². The summed E-state index contributed by atoms with van der Waals surface area (Å²) >= 11 is 0. The van der Waals surface area contributed by atoms with Crippen molar-refractivity contribution >= 4 is 34.5 Å². The van der Waals surface area contributed by atoms with E-state index < -0.39 is 0 Å². The minimum atomic E-state index is -0.336. The number of carbonyl (C=O) groups is 3. The van der Waals surface area contributed by atoms with Gasteiger partial charge in [-0.1, -0.05) is 30.3 Å². The van der Waals surface area contributed by atoms with Crippen molar-refractivity contribution < 1.29 is 23.9 Å². The lowest BCUT2D eigenvalue weighted by atomic mass is 9.97. The summed E-state index contributed by atoms with van der Waals surface area (Å²) in [6, 6.07) is 13.1. The molecule has 9 nitrogen and oxygen atoms in total. The van der Waals surface area contributed by atoms with Crippen LogP contribution in [0.3, 0.4) is 0 Å². The number of nitrogens with one attached hydrogen (secondary N) is 1. The molecule has 0 radical (unpaired) electrons. The third-order valence-electron chi connectivity index (χ3n) is 6.13. The normalized spacial score (nSPS) is 15.7. The summed E-state index contributed by atoms with van der Waals surface area (Å²) in [5.41, 5.74) is 3.08. The summed E-state index contributed by atoms with van der Waals surface area (Å²) in [7, 11) is 3.32. The molecule has 2 heterocycles. The van der Waals surface area contributed by atoms with Crippen molar-refractivity contribution in [1.29, 1.82) is 0 Å². The van der Waals surface area contributed by atoms with Gasteiger partial charge >= 0.3 is 5.97 Å². The average Bonchev–Trinajstić information content (AvgIpc) is 3.21. The van der Waals surface area contributed by atoms with Crippen LogP contribution in [0.4, 0.5) is 5.69 Å². The first-order chi connectivity index (χ1) is 16.9. The molecule has 1 fully saturated rings. The van der Waals surface area contributed by atoms with E-state index in [2.05, 4.69) is 5.32 Å². The Hall–Kier alpha value is -3.72. The van der Waals surface area contributed by atoms with E-state index in [1.807, 2.05) is 41.9 Å². The van der Waals surface area contributed by atoms with Gasteiger partial charge in [-0.2, -0.15) is 0 Å². The van der Waals surface area contributed by atoms with Crippen molar-refractivity contribution in [2.75, 3.05) is 38.7 Å². The molecule has 4 rings (SSSR count). The number of carbonyl (C=O) groups excluding carboxylic acids is 3. The zero-order valence-corrected chi connectivity index (χ0v) is 20.2. The van der Waals surface area contributed by atoms with E-state index in [-0.39, 0.29) is 30.3 Å². The van der Waals surface area contributed by atoms with E-state index in [0.717, 1.165) is 12.0 Å². The topological polar surface area (TPSA) is 103 Å². The summed E-state index contributed by atoms with van der Waals surface area (Å²) < 4.78 is 12.0. The minimum Gasteiger partial charge on any atom is -0.466 e. The van der Waals surface area contributed by atoms with Crippen molar-refractivity contribution in [3.8, 4) is 11.4 Å². The fourth-order valence-electron chi connectivity index (χ4n) is 4.53. The van der Waals surface area contributed by atoms with Gasteiger partial charge in [0.2, 0.25) is 5.91 Å². The molecule has 3 aromatic rings. The first-order valence-corrected chi connectivity index (χ1v) is 11.7. The van der Waals surface area contributed by atoms with Crippen molar-refractivity contribution in [3.05, 3.63) is 48.0 Å². The number of esters is 1. The fourth-order valence-corrected chi connectivity index (χ4v) is 4.53. The Morgan fingerprint density at radius 1 is 1.17 bits per heavy atom. The van der Waals surface area contributed by atoms with E-state index >= 15 is 0 Å². The van der Waals surface area contributed by atoms with Gasteiger partial charge in [0.05, 0.1) is 29.2 Å². The molecule has 1 N–H and O–H groups in total. The number of anilines is 1. The summed E-state index contributed by atoms with van der Waals surface area (Å²) in [5.74, 6) is -0.439. The van der Waals surface area contributed by atoms with Crippen LogP contribution in [0.5, 0.6) is 0 Å². The van der Waals surface area contributed by atoms with Crippen LogP contribution in [0.15, 0.2) is 42.5 Å². The number of amides is 2. The molecule has 2 aromatic carbocycles. The number of ether oxygens (including phenoxy) is 2. The number of nitrogens with zero attached hydrogens (tertiary/aromatic N) is 3. The number of aryl methyl sites for hydroxylation is 1. The standard InChI is InChI=1S/C26H30N4O5/c1-4-35-26(33)18-11-8-12-30(15-18)25(32)19-13-20(27-22(31)16-34-3)23-21(14-19)28-24(29(23)2)17-9-6-5-7-10-17/h5-7,9-10,13-14,18H,4,8,11-12,15-16H2,1-3H3,(H,27,31)/t18-/m0/s1. The smallest absolute Gasteiger partial charge is 0.310 e. The van der Waals surface area contributed by atoms with Gasteiger partial charge in [0.15, 0.2) is 0 Å². The summed E-state index contributed by atoms with van der Waals surface area (Å²) in [6.45, 7) is 2.83. The van der Waals surface area contributed by atoms with Crippen LogP contribution in [-0.2, 0) is 26.1 Å². The second-order valence-electron chi connectivity index (χ2n) is 8.58. The number of hydrogen-bond donors (Lipinski definition) is 1. The molecule has 184 valence electrons. The lowest BCUT2D eigenvalue weighted by molar-refractivity contribution is -0.149. The zero-order valence-electron chi connectivity index (χ0n) is 20.2. The molecule has 0 unspecified atom stereocenters. The van der Waals surface area contributed by atoms with Gasteiger partial charge in [0.25, 0.3) is 5.91 Å². The molecule has 2 amide bonds. The van der Waals surface area contributed by atoms with Gasteiger partial charge in [-0.05, 0) is 31.9 Å². The second-order valence-corrected chi connectivity index (χ2v) is 8.58. The highest BCUT2D eigenvalue weighted by Crippen LogP contribution is 2.31. The zero-order chi connectivity index (χ0) is 24.9. The predicted octanol–water partition coefficient (Wildman–Crippen LogP) is 3.24. The van der Waals surface area contributed by atoms with Gasteiger partial charge < -0.3 is 24.3 Å². The maximum atomic E-state index is 13.5. The number of likely N-dealkylation sites (tertiary alicyclic amines) is 1. The van der Waals surface area contributed by atoms with Crippen LogP contribution in [-0.4, -0.2) is 65.6 Å². The van der Waals surface area contributed by atoms with E-state index in [9.17, 15) is 14.4 Å². The van der Waals surface area contributed by atoms with Crippen molar-refractivity contribution in [2.24, 2.45) is 13.0 Å². The lowest BCUT2D eigenvalue weighted by Crippen LogP contribution is -2.42. The molecule has 35 heavy (non-hydrogen) atoms. The third kappa shape index (κ3) is 5.19. The summed E-state index contributed by atoms with van der Waals surface area (Å²) in [6.07, 6.45) is 1.41. The van der Waals surface area contributed by atoms with Crippen molar-refractivity contribution in [3.63, 3.8) is 0 Å². The fraction of sp³-hybridized carbons (Fsp3) is 0.385. The Labute approximate surface area is 204 Å². The molecule has 0 spiro atoms. The van der Waals surface area contributed by atoms with E-state index in [0.29, 0.717) is 54.2 Å². The highest BCUT2D eigenvalue weighted by atomic mass is 16.5. The van der Waals surface area contributed by atoms with E-state index in [4.69, 9.17) is 14.5 Å². The SMILES string of the molecule is CCOC(=O)[C@H]1CCCN(C(=O)c2cc(NC(=O)COC)c3c(c2)nc(-c2ccccc2)n3C)C1. The lowest BCUT2D eigenvalue weighted by Gasteiger charge is -2.31. The first-order valence-electron chi connectivity index (χ1n) is 11.7. The molecule has 1 aliphatic rings. The molecule has 0 aliphatic carbocycles. The Balaban J connectivity index is 1.73. The Morgan fingerprint density at radius 3 is 2.66 bits per heavy atom. The van der Waals surface area contributed by atoms with Crippen LogP contribution in [0.25, 0.3) is 22.4 Å². The highest BCUT2D eigenvalue weighted by molar-refractivity contribution is 6.06. The Kier molecular flexibility index (Phi) is 7.45. The number of hydrogen-bond acceptors (Lipinski definition) is 6. The number of methoxy groups -OCH3 is 1. The third-order valence-corrected chi connectivity index (χ3v) is 6.13. The van der Waals surface area contributed by atoms with Gasteiger partial charge in [-0.15, -0.1) is 0 Å². The van der Waals surface area contributed by atoms with Crippen LogP contribution in [0, 0.1) is 5.92 Å². The number of aromatic nitrogens is 2. The van der Waals surface area contributed by atoms with Crippen LogP contribution >= 0.6 is 0 Å². The molecule has 1 atom stereocenters. The van der Waals surface area contributed by atoms with Crippen molar-refractivity contribution in [1.82, 2.24) is 14.5 Å². The monoisotopic (exact) mass is 478 g/mol. The number of benzene rings is 2. The molecular weight excluding hydrogens is 448 g/mol. The Morgan fingerprint density at radius 2 is 1.94 bits per heavy atom. The van der Waals surface area contributed by atoms with Gasteiger partial charge in [-0.25, -0.2) is 4.98 Å². The number of piperidine rings is 1. The van der Waals surface area contributed by atoms with Gasteiger partial charge in [0.1, 0.15) is 12.4 Å². The number of rotatable bonds is 7. The quantitative estimate of drug-likeness (QED) is 0.523. The van der Waals surface area contributed by atoms with Crippen LogP contribution in [0.2, 0.25) is 0 Å². The Bertz CT molecular complexity index is 1240. The minimum absolute atomic E-state index is 0.115. The predicted molar refractivity (Wildman–Crippen MR) is 132 cm³/mol. The maximum Gasteiger partial charge on any atom is 0.310 e. The van der Waals surface area contributed by atoms with Crippen LogP contribution < -0.4 is 5.32 Å².